The largest absolute Gasteiger partial charge is 0.431 e. The van der Waals surface area contributed by atoms with Crippen LogP contribution in [0.4, 0.5) is 29.0 Å². The molecule has 278 valence electrons. The molecule has 1 N–H and O–H groups in total. The summed E-state index contributed by atoms with van der Waals surface area (Å²) >= 11 is 24.9. The molecule has 3 aliphatic heterocycles. The molecule has 0 radical (unpaired) electrons. The van der Waals surface area contributed by atoms with Crippen molar-refractivity contribution in [3.05, 3.63) is 104 Å². The van der Waals surface area contributed by atoms with E-state index in [4.69, 9.17) is 60.6 Å². The number of hydrogen-bond acceptors (Lipinski definition) is 14. The number of fused-ring (bicyclic) bond motifs is 2. The predicted molar refractivity (Wildman–Crippen MR) is 213 cm³/mol. The van der Waals surface area contributed by atoms with Crippen molar-refractivity contribution < 1.29 is 18.4 Å². The number of benzene rings is 3. The molecule has 0 amide bonds. The summed E-state index contributed by atoms with van der Waals surface area (Å²) in [6.07, 6.45) is 4.56. The molecule has 1 saturated heterocycles. The average molecular weight is 829 g/mol. The zero-order chi connectivity index (χ0) is 37.9. The molecule has 2 aromatic heterocycles. The molecule has 8 rings (SSSR count). The van der Waals surface area contributed by atoms with E-state index in [1.54, 1.807) is 61.7 Å². The second-order valence-electron chi connectivity index (χ2n) is 11.7. The normalized spacial score (nSPS) is 15.4. The van der Waals surface area contributed by atoms with Gasteiger partial charge in [0.1, 0.15) is 0 Å². The highest BCUT2D eigenvalue weighted by Crippen LogP contribution is 2.36. The first-order valence-electron chi connectivity index (χ1n) is 16.2. The van der Waals surface area contributed by atoms with Gasteiger partial charge in [0.2, 0.25) is 22.9 Å². The lowest BCUT2D eigenvalue weighted by Crippen LogP contribution is -2.36. The van der Waals surface area contributed by atoms with Crippen LogP contribution in [0, 0.1) is 0 Å². The monoisotopic (exact) mass is 826 g/mol. The fourth-order valence-electron chi connectivity index (χ4n) is 5.44. The second kappa shape index (κ2) is 16.3. The number of anilines is 5. The minimum atomic E-state index is -1.29. The van der Waals surface area contributed by atoms with Gasteiger partial charge in [0.25, 0.3) is 0 Å². The fourth-order valence-corrected chi connectivity index (χ4v) is 6.98. The Kier molecular flexibility index (Phi) is 11.3. The van der Waals surface area contributed by atoms with Gasteiger partial charge in [-0.3, -0.25) is 4.21 Å². The highest BCUT2D eigenvalue weighted by atomic mass is 35.5. The number of morpholine rings is 1. The van der Waals surface area contributed by atoms with Crippen molar-refractivity contribution in [3.8, 4) is 11.5 Å². The zero-order valence-electron chi connectivity index (χ0n) is 28.8. The van der Waals surface area contributed by atoms with Gasteiger partial charge in [0, 0.05) is 44.8 Å². The number of ether oxygens (including phenoxy) is 3. The van der Waals surface area contributed by atoms with Crippen LogP contribution in [0.1, 0.15) is 11.1 Å². The Morgan fingerprint density at radius 2 is 1.20 bits per heavy atom. The molecule has 54 heavy (non-hydrogen) atoms. The van der Waals surface area contributed by atoms with Gasteiger partial charge in [0.05, 0.1) is 67.6 Å². The summed E-state index contributed by atoms with van der Waals surface area (Å²) in [5.74, 6) is 2.77. The van der Waals surface area contributed by atoms with Gasteiger partial charge < -0.3 is 24.4 Å². The van der Waals surface area contributed by atoms with E-state index in [0.29, 0.717) is 66.2 Å². The lowest BCUT2D eigenvalue weighted by Gasteiger charge is -2.29. The molecule has 0 aliphatic carbocycles. The number of rotatable bonds is 6. The molecule has 0 saturated carbocycles. The molecule has 1 fully saturated rings. The summed E-state index contributed by atoms with van der Waals surface area (Å²) in [6, 6.07) is 18.5. The smallest absolute Gasteiger partial charge is 0.247 e. The first-order valence-corrected chi connectivity index (χ1v) is 19.3. The van der Waals surface area contributed by atoms with Crippen LogP contribution in [0.2, 0.25) is 20.1 Å². The average Bonchev–Trinajstić information content (AvgIpc) is 3.16. The van der Waals surface area contributed by atoms with Crippen LogP contribution in [-0.2, 0) is 15.5 Å². The van der Waals surface area contributed by atoms with E-state index < -0.39 is 10.8 Å². The SMILES string of the molecule is CN1N=C(c2c(Cl)cccc2Cl)Oc2cnc(Nc3ccc(N4CCOCC4)cc3)nc21.CN1N=C(c2c(Cl)cccc2Cl)Oc2cnc(S(C)=O)nc21. The van der Waals surface area contributed by atoms with Gasteiger partial charge in [-0.05, 0) is 48.5 Å². The number of nitrogens with zero attached hydrogens (tertiary/aromatic N) is 9. The van der Waals surface area contributed by atoms with Gasteiger partial charge in [-0.25, -0.2) is 20.0 Å². The molecular weight excluding hydrogens is 798 g/mol. The van der Waals surface area contributed by atoms with Crippen LogP contribution in [0.15, 0.2) is 88.4 Å². The van der Waals surface area contributed by atoms with Crippen molar-refractivity contribution in [1.29, 1.82) is 0 Å². The zero-order valence-corrected chi connectivity index (χ0v) is 32.7. The van der Waals surface area contributed by atoms with Gasteiger partial charge in [-0.15, -0.1) is 10.2 Å². The predicted octanol–water partition coefficient (Wildman–Crippen LogP) is 7.27. The summed E-state index contributed by atoms with van der Waals surface area (Å²) < 4.78 is 28.5. The van der Waals surface area contributed by atoms with Crippen molar-refractivity contribution in [2.24, 2.45) is 10.2 Å². The van der Waals surface area contributed by atoms with Gasteiger partial charge in [0.15, 0.2) is 23.1 Å². The van der Waals surface area contributed by atoms with Crippen LogP contribution in [0.3, 0.4) is 0 Å². The van der Waals surface area contributed by atoms with E-state index in [9.17, 15) is 4.21 Å². The Labute approximate surface area is 332 Å². The quantitative estimate of drug-likeness (QED) is 0.172. The number of nitrogens with one attached hydrogen (secondary N) is 1. The molecule has 1 unspecified atom stereocenters. The van der Waals surface area contributed by atoms with Crippen molar-refractivity contribution in [1.82, 2.24) is 19.9 Å². The Morgan fingerprint density at radius 3 is 1.72 bits per heavy atom. The highest BCUT2D eigenvalue weighted by molar-refractivity contribution is 7.84. The maximum absolute atomic E-state index is 11.5. The minimum absolute atomic E-state index is 0.212. The second-order valence-corrected chi connectivity index (χ2v) is 14.6. The molecule has 0 spiro atoms. The van der Waals surface area contributed by atoms with E-state index in [-0.39, 0.29) is 11.1 Å². The summed E-state index contributed by atoms with van der Waals surface area (Å²) in [6.45, 7) is 3.31. The minimum Gasteiger partial charge on any atom is -0.431 e. The van der Waals surface area contributed by atoms with E-state index in [1.165, 1.54) is 23.1 Å². The number of halogens is 4. The lowest BCUT2D eigenvalue weighted by atomic mass is 10.2. The maximum Gasteiger partial charge on any atom is 0.247 e. The highest BCUT2D eigenvalue weighted by Gasteiger charge is 2.27. The van der Waals surface area contributed by atoms with Gasteiger partial charge in [-0.2, -0.15) is 9.97 Å². The van der Waals surface area contributed by atoms with Crippen molar-refractivity contribution in [2.45, 2.75) is 5.16 Å². The molecule has 1 atom stereocenters. The molecule has 19 heteroatoms. The first-order chi connectivity index (χ1) is 26.0. The topological polar surface area (TPSA) is 143 Å². The fraction of sp³-hybridized carbons (Fsp3) is 0.200. The molecule has 3 aliphatic rings. The standard InChI is InChI=1S/C22H20Cl2N6O2.C13H10Cl2N4O2S/c1-29-20-18(32-21(28-29)19-16(23)3-2-4-17(19)24)13-25-22(27-20)26-14-5-7-15(8-6-14)30-9-11-31-12-10-30;1-19-11-9(6-16-13(17-11)22(2)20)21-12(18-19)10-7(14)4-3-5-8(10)15/h2-8,13H,9-12H2,1H3,(H,25,26,27);3-6H,1-2H3. The van der Waals surface area contributed by atoms with E-state index in [2.05, 4.69) is 52.5 Å². The van der Waals surface area contributed by atoms with Crippen LogP contribution < -0.4 is 29.7 Å². The number of hydrazone groups is 2. The molecular formula is C35H30Cl4N10O4S. The van der Waals surface area contributed by atoms with Crippen LogP contribution in [-0.4, -0.2) is 82.6 Å². The van der Waals surface area contributed by atoms with E-state index in [1.807, 2.05) is 12.1 Å². The Bertz CT molecular complexity index is 2250. The third-order valence-corrected chi connectivity index (χ3v) is 10.0. The van der Waals surface area contributed by atoms with Gasteiger partial charge >= 0.3 is 0 Å². The third kappa shape index (κ3) is 8.16. The Balaban J connectivity index is 0.000000179. The summed E-state index contributed by atoms with van der Waals surface area (Å²) in [5, 5.41) is 17.1. The first kappa shape index (κ1) is 37.5. The van der Waals surface area contributed by atoms with E-state index in [0.717, 1.165) is 32.0 Å². The van der Waals surface area contributed by atoms with Crippen molar-refractivity contribution in [3.63, 3.8) is 0 Å². The Hall–Kier alpha value is -4.77. The third-order valence-electron chi connectivity index (χ3n) is 8.07. The lowest BCUT2D eigenvalue weighted by molar-refractivity contribution is 0.122. The van der Waals surface area contributed by atoms with Gasteiger partial charge in [-0.1, -0.05) is 58.5 Å². The molecule has 0 bridgehead atoms. The van der Waals surface area contributed by atoms with Crippen molar-refractivity contribution in [2.75, 3.05) is 66.9 Å². The van der Waals surface area contributed by atoms with Crippen LogP contribution in [0.5, 0.6) is 11.5 Å². The van der Waals surface area contributed by atoms with Crippen LogP contribution >= 0.6 is 46.4 Å². The molecule has 5 aromatic rings. The summed E-state index contributed by atoms with van der Waals surface area (Å²) in [5.41, 5.74) is 3.06. The molecule has 3 aromatic carbocycles. The molecule has 14 nitrogen and oxygen atoms in total. The number of aromatic nitrogens is 4. The Morgan fingerprint density at radius 1 is 0.704 bits per heavy atom. The number of hydrogen-bond donors (Lipinski definition) is 1. The van der Waals surface area contributed by atoms with Crippen molar-refractivity contribution >= 4 is 98.0 Å². The maximum atomic E-state index is 11.5. The van der Waals surface area contributed by atoms with Crippen LogP contribution in [0.25, 0.3) is 0 Å². The summed E-state index contributed by atoms with van der Waals surface area (Å²) in [4.78, 5) is 19.4. The van der Waals surface area contributed by atoms with E-state index >= 15 is 0 Å². The molecule has 5 heterocycles. The summed E-state index contributed by atoms with van der Waals surface area (Å²) in [7, 11) is 2.18.